The average molecular weight is 446 g/mol. The number of aliphatic hydroxyl groups is 4. The van der Waals surface area contributed by atoms with E-state index in [9.17, 15) is 50.0 Å². The number of Topliss-reactive ketones (excluding diaryl/α,β-unsaturated/α-hetero) is 2. The lowest BCUT2D eigenvalue weighted by molar-refractivity contribution is -0.386. The summed E-state index contributed by atoms with van der Waals surface area (Å²) in [6.45, 7) is 1.14. The van der Waals surface area contributed by atoms with E-state index in [0.717, 1.165) is 19.1 Å². The van der Waals surface area contributed by atoms with E-state index in [-0.39, 0.29) is 6.42 Å². The van der Waals surface area contributed by atoms with E-state index < -0.39 is 97.1 Å². The largest absolute Gasteiger partial charge is 0.508 e. The molecule has 1 aromatic carbocycles. The molecule has 0 bridgehead atoms. The molecule has 7 N–H and O–H groups in total. The molecule has 0 aliphatic heterocycles. The summed E-state index contributed by atoms with van der Waals surface area (Å²) in [6, 6.07) is 1.83. The van der Waals surface area contributed by atoms with Crippen molar-refractivity contribution in [3.63, 3.8) is 0 Å². The van der Waals surface area contributed by atoms with E-state index in [0.29, 0.717) is 0 Å². The first-order chi connectivity index (χ1) is 14.8. The van der Waals surface area contributed by atoms with Crippen LogP contribution in [0.15, 0.2) is 29.0 Å². The number of hydrogen-bond donors (Lipinski definition) is 6. The Labute approximate surface area is 179 Å². The van der Waals surface area contributed by atoms with E-state index in [1.165, 1.54) is 0 Å². The predicted octanol–water partition coefficient (Wildman–Crippen LogP) is -0.00290. The molecule has 3 aliphatic carbocycles. The number of nitro benzene ring substituents is 1. The molecule has 0 unspecified atom stereocenters. The zero-order valence-corrected chi connectivity index (χ0v) is 16.5. The molecule has 1 fully saturated rings. The van der Waals surface area contributed by atoms with Crippen LogP contribution in [0.25, 0.3) is 5.76 Å². The highest BCUT2D eigenvalue weighted by Gasteiger charge is 2.64. The van der Waals surface area contributed by atoms with Gasteiger partial charge in [-0.1, -0.05) is 0 Å². The Morgan fingerprint density at radius 1 is 1.22 bits per heavy atom. The number of fused-ring (bicyclic) bond motifs is 3. The fourth-order valence-electron chi connectivity index (χ4n) is 5.13. The highest BCUT2D eigenvalue weighted by atomic mass is 16.6. The maximum atomic E-state index is 13.4. The Morgan fingerprint density at radius 2 is 1.84 bits per heavy atom. The summed E-state index contributed by atoms with van der Waals surface area (Å²) >= 11 is 0. The number of nitro groups is 1. The second kappa shape index (κ2) is 6.37. The van der Waals surface area contributed by atoms with Crippen LogP contribution < -0.4 is 5.73 Å². The van der Waals surface area contributed by atoms with Crippen LogP contribution in [0.3, 0.4) is 0 Å². The van der Waals surface area contributed by atoms with E-state index in [1.807, 2.05) is 0 Å². The molecule has 0 radical (unpaired) electrons. The third-order valence-electron chi connectivity index (χ3n) is 6.64. The standard InChI is InChI=1S/C20H18N2O10/c1-19(29)7-4-6-5-10(24)13(18(21)28)17(27)20(6,30)16(26)11(7)15(25)12-9(23)3-2-8(14(12)19)22(31)32/h2-3,6-7,23,25,27,29-30H,4-5H2,1H3,(H2,21,28)/t6-,7-,19-,20-/m0/s1. The summed E-state index contributed by atoms with van der Waals surface area (Å²) in [6.07, 6.45) is -0.955. The van der Waals surface area contributed by atoms with Crippen LogP contribution in [-0.2, 0) is 20.0 Å². The summed E-state index contributed by atoms with van der Waals surface area (Å²) < 4.78 is 0. The summed E-state index contributed by atoms with van der Waals surface area (Å²) in [5, 5.41) is 65.6. The van der Waals surface area contributed by atoms with Gasteiger partial charge in [-0.05, 0) is 19.4 Å². The summed E-state index contributed by atoms with van der Waals surface area (Å²) in [4.78, 5) is 48.1. The molecule has 1 aromatic rings. The molecule has 4 rings (SSSR count). The molecular formula is C20H18N2O10. The number of aromatic hydroxyl groups is 1. The number of amides is 1. The molecule has 1 saturated carbocycles. The summed E-state index contributed by atoms with van der Waals surface area (Å²) in [5.74, 6) is -9.14. The number of phenols is 1. The van der Waals surface area contributed by atoms with Crippen LogP contribution in [0.4, 0.5) is 5.69 Å². The maximum absolute atomic E-state index is 13.4. The van der Waals surface area contributed by atoms with Crippen molar-refractivity contribution in [1.29, 1.82) is 0 Å². The number of ketones is 2. The third kappa shape index (κ3) is 2.41. The molecule has 0 aromatic heterocycles. The van der Waals surface area contributed by atoms with Gasteiger partial charge in [-0.25, -0.2) is 0 Å². The van der Waals surface area contributed by atoms with Crippen LogP contribution in [0.1, 0.15) is 30.9 Å². The van der Waals surface area contributed by atoms with Crippen molar-refractivity contribution in [1.82, 2.24) is 0 Å². The molecule has 0 spiro atoms. The van der Waals surface area contributed by atoms with Gasteiger partial charge >= 0.3 is 0 Å². The van der Waals surface area contributed by atoms with Gasteiger partial charge in [0.1, 0.15) is 28.4 Å². The number of benzene rings is 1. The van der Waals surface area contributed by atoms with E-state index in [2.05, 4.69) is 0 Å². The third-order valence-corrected chi connectivity index (χ3v) is 6.64. The zero-order chi connectivity index (χ0) is 23.9. The number of carbonyl (C=O) groups is 3. The number of rotatable bonds is 2. The van der Waals surface area contributed by atoms with Crippen molar-refractivity contribution in [3.8, 4) is 5.75 Å². The number of nitrogens with zero attached hydrogens (tertiary/aromatic N) is 1. The molecule has 3 aliphatic rings. The van der Waals surface area contributed by atoms with E-state index in [4.69, 9.17) is 5.73 Å². The van der Waals surface area contributed by atoms with Crippen LogP contribution in [0, 0.1) is 22.0 Å². The highest BCUT2D eigenvalue weighted by molar-refractivity contribution is 6.22. The van der Waals surface area contributed by atoms with Gasteiger partial charge in [-0.15, -0.1) is 0 Å². The highest BCUT2D eigenvalue weighted by Crippen LogP contribution is 2.58. The summed E-state index contributed by atoms with van der Waals surface area (Å²) in [5.41, 5.74) is -3.08. The smallest absolute Gasteiger partial charge is 0.276 e. The fraction of sp³-hybridized carbons (Fsp3) is 0.350. The molecule has 168 valence electrons. The van der Waals surface area contributed by atoms with Crippen LogP contribution in [0.5, 0.6) is 5.75 Å². The second-order valence-corrected chi connectivity index (χ2v) is 8.32. The molecular weight excluding hydrogens is 428 g/mol. The number of hydrogen-bond acceptors (Lipinski definition) is 10. The predicted molar refractivity (Wildman–Crippen MR) is 104 cm³/mol. The first kappa shape index (κ1) is 21.5. The Bertz CT molecular complexity index is 1210. The van der Waals surface area contributed by atoms with Gasteiger partial charge < -0.3 is 31.3 Å². The van der Waals surface area contributed by atoms with Gasteiger partial charge in [-0.3, -0.25) is 24.5 Å². The SMILES string of the molecule is C[C@@]1(O)c2c([N+](=O)[O-])ccc(O)c2C(O)=C2C(=O)[C@]3(O)C(O)=C(C(N)=O)C(=O)C[C@@H]3C[C@@H]21. The average Bonchev–Trinajstić information content (AvgIpc) is 2.68. The van der Waals surface area contributed by atoms with Crippen molar-refractivity contribution in [2.24, 2.45) is 17.6 Å². The topological polar surface area (TPSA) is 222 Å². The maximum Gasteiger partial charge on any atom is 0.276 e. The minimum absolute atomic E-state index is 0.372. The van der Waals surface area contributed by atoms with Crippen molar-refractivity contribution < 1.29 is 44.8 Å². The van der Waals surface area contributed by atoms with Gasteiger partial charge in [0.2, 0.25) is 5.78 Å². The normalized spacial score (nSPS) is 31.7. The number of aliphatic hydroxyl groups excluding tert-OH is 2. The monoisotopic (exact) mass is 446 g/mol. The number of nitrogens with two attached hydrogens (primary N) is 1. The lowest BCUT2D eigenvalue weighted by Crippen LogP contribution is -2.60. The fourth-order valence-corrected chi connectivity index (χ4v) is 5.13. The Hall–Kier alpha value is -3.77. The first-order valence-corrected chi connectivity index (χ1v) is 9.46. The molecule has 0 saturated heterocycles. The van der Waals surface area contributed by atoms with E-state index >= 15 is 0 Å². The molecule has 4 atom stereocenters. The van der Waals surface area contributed by atoms with Gasteiger partial charge in [0.05, 0.1) is 16.1 Å². The Kier molecular flexibility index (Phi) is 4.27. The van der Waals surface area contributed by atoms with Gasteiger partial charge in [0, 0.05) is 29.9 Å². The van der Waals surface area contributed by atoms with Crippen molar-refractivity contribution in [2.45, 2.75) is 31.0 Å². The zero-order valence-electron chi connectivity index (χ0n) is 16.5. The first-order valence-electron chi connectivity index (χ1n) is 9.46. The van der Waals surface area contributed by atoms with Crippen LogP contribution in [-0.4, -0.2) is 53.5 Å². The van der Waals surface area contributed by atoms with Gasteiger partial charge in [-0.2, -0.15) is 0 Å². The Morgan fingerprint density at radius 3 is 2.41 bits per heavy atom. The van der Waals surface area contributed by atoms with Crippen molar-refractivity contribution in [2.75, 3.05) is 0 Å². The second-order valence-electron chi connectivity index (χ2n) is 8.32. The molecule has 1 amide bonds. The molecule has 12 heteroatoms. The van der Waals surface area contributed by atoms with Crippen LogP contribution in [0.2, 0.25) is 0 Å². The van der Waals surface area contributed by atoms with Crippen LogP contribution >= 0.6 is 0 Å². The minimum Gasteiger partial charge on any atom is -0.508 e. The number of primary amides is 1. The molecule has 32 heavy (non-hydrogen) atoms. The minimum atomic E-state index is -2.80. The number of carbonyl (C=O) groups excluding carboxylic acids is 3. The molecule has 12 nitrogen and oxygen atoms in total. The lowest BCUT2D eigenvalue weighted by atomic mass is 9.55. The van der Waals surface area contributed by atoms with Crippen molar-refractivity contribution in [3.05, 3.63) is 50.3 Å². The van der Waals surface area contributed by atoms with E-state index in [1.54, 1.807) is 0 Å². The summed E-state index contributed by atoms with van der Waals surface area (Å²) in [7, 11) is 0. The number of phenolic OH excluding ortho intramolecular Hbond substituents is 1. The lowest BCUT2D eigenvalue weighted by Gasteiger charge is -2.49. The quantitative estimate of drug-likeness (QED) is 0.203. The Balaban J connectivity index is 2.05. The van der Waals surface area contributed by atoms with Gasteiger partial charge in [0.25, 0.3) is 11.6 Å². The molecule has 0 heterocycles. The van der Waals surface area contributed by atoms with Gasteiger partial charge in [0.15, 0.2) is 11.4 Å². The van der Waals surface area contributed by atoms with Crippen molar-refractivity contribution >= 4 is 28.9 Å².